The Labute approximate surface area is 197 Å². The summed E-state index contributed by atoms with van der Waals surface area (Å²) in [6, 6.07) is 21.8. The molecule has 6 heteroatoms. The average molecular weight is 454 g/mol. The maximum absolute atomic E-state index is 12.8. The number of rotatable bonds is 4. The van der Waals surface area contributed by atoms with E-state index in [1.165, 1.54) is 6.92 Å². The molecule has 4 aromatic rings. The third-order valence-corrected chi connectivity index (χ3v) is 7.04. The van der Waals surface area contributed by atoms with Crippen molar-refractivity contribution in [3.63, 3.8) is 0 Å². The van der Waals surface area contributed by atoms with Gasteiger partial charge < -0.3 is 14.3 Å². The fourth-order valence-corrected chi connectivity index (χ4v) is 5.76. The van der Waals surface area contributed by atoms with Crippen molar-refractivity contribution in [2.45, 2.75) is 32.4 Å². The van der Waals surface area contributed by atoms with Crippen LogP contribution in [0.4, 0.5) is 5.69 Å². The molecule has 6 nitrogen and oxygen atoms in total. The predicted molar refractivity (Wildman–Crippen MR) is 133 cm³/mol. The van der Waals surface area contributed by atoms with Crippen molar-refractivity contribution in [2.24, 2.45) is 5.92 Å². The number of likely N-dealkylation sites (tertiary alicyclic amines) is 1. The summed E-state index contributed by atoms with van der Waals surface area (Å²) in [6.45, 7) is 4.89. The Morgan fingerprint density at radius 1 is 1.03 bits per heavy atom. The Morgan fingerprint density at radius 2 is 1.85 bits per heavy atom. The molecule has 0 aliphatic carbocycles. The summed E-state index contributed by atoms with van der Waals surface area (Å²) in [5, 5.41) is 3.95. The van der Waals surface area contributed by atoms with E-state index in [2.05, 4.69) is 22.3 Å². The van der Waals surface area contributed by atoms with Gasteiger partial charge in [-0.1, -0.05) is 30.3 Å². The molecule has 1 saturated heterocycles. The standard InChI is InChI=1S/C28H27N3O3/c1-18(32)29-23-8-6-20(7-9-23)25-10-11-27(33)31-15-19-12-22(28(25)31)16-30(14-19)17-24-13-21-4-2-3-5-26(21)34-24/h2-11,13,19,22H,12,14-17H2,1H3,(H,29,32). The molecule has 2 aliphatic rings. The molecule has 4 heterocycles. The van der Waals surface area contributed by atoms with Crippen LogP contribution in [-0.2, 0) is 17.9 Å². The molecule has 2 bridgehead atoms. The highest BCUT2D eigenvalue weighted by Crippen LogP contribution is 2.40. The molecule has 6 rings (SSSR count). The molecular formula is C28H27N3O3. The SMILES string of the molecule is CC(=O)Nc1ccc(-c2ccc(=O)n3c2C2CC(CN(Cc4cc5ccccc5o4)C2)C3)cc1. The molecule has 0 radical (unpaired) electrons. The number of benzene rings is 2. The van der Waals surface area contributed by atoms with Crippen molar-refractivity contribution < 1.29 is 9.21 Å². The summed E-state index contributed by atoms with van der Waals surface area (Å²) in [7, 11) is 0. The molecule has 2 atom stereocenters. The van der Waals surface area contributed by atoms with Crippen molar-refractivity contribution >= 4 is 22.6 Å². The molecule has 2 unspecified atom stereocenters. The molecule has 0 saturated carbocycles. The van der Waals surface area contributed by atoms with E-state index in [1.807, 2.05) is 53.1 Å². The van der Waals surface area contributed by atoms with Crippen molar-refractivity contribution in [1.29, 1.82) is 0 Å². The largest absolute Gasteiger partial charge is 0.460 e. The molecule has 34 heavy (non-hydrogen) atoms. The van der Waals surface area contributed by atoms with Gasteiger partial charge >= 0.3 is 0 Å². The van der Waals surface area contributed by atoms with Gasteiger partial charge in [0.15, 0.2) is 0 Å². The van der Waals surface area contributed by atoms with Crippen molar-refractivity contribution in [2.75, 3.05) is 18.4 Å². The maximum atomic E-state index is 12.8. The maximum Gasteiger partial charge on any atom is 0.250 e. The number of carbonyl (C=O) groups excluding carboxylic acids is 1. The average Bonchev–Trinajstić information content (AvgIpc) is 3.22. The zero-order valence-electron chi connectivity index (χ0n) is 19.2. The molecule has 172 valence electrons. The molecule has 2 aliphatic heterocycles. The number of carbonyl (C=O) groups is 1. The van der Waals surface area contributed by atoms with Gasteiger partial charge in [0.05, 0.1) is 6.54 Å². The quantitative estimate of drug-likeness (QED) is 0.480. The Balaban J connectivity index is 1.31. The Kier molecular flexibility index (Phi) is 5.11. The van der Waals surface area contributed by atoms with Crippen LogP contribution in [0.1, 0.15) is 30.7 Å². The number of fused-ring (bicyclic) bond motifs is 5. The number of amides is 1. The number of hydrogen-bond acceptors (Lipinski definition) is 4. The monoisotopic (exact) mass is 453 g/mol. The lowest BCUT2D eigenvalue weighted by Gasteiger charge is -2.43. The van der Waals surface area contributed by atoms with Crippen molar-refractivity contribution in [3.8, 4) is 11.1 Å². The molecule has 2 aromatic carbocycles. The van der Waals surface area contributed by atoms with E-state index in [9.17, 15) is 9.59 Å². The van der Waals surface area contributed by atoms with Gasteiger partial charge in [-0.25, -0.2) is 0 Å². The second kappa shape index (κ2) is 8.29. The highest BCUT2D eigenvalue weighted by atomic mass is 16.3. The van der Waals surface area contributed by atoms with Crippen LogP contribution in [0.5, 0.6) is 0 Å². The van der Waals surface area contributed by atoms with E-state index >= 15 is 0 Å². The van der Waals surface area contributed by atoms with Gasteiger partial charge in [-0.2, -0.15) is 0 Å². The van der Waals surface area contributed by atoms with E-state index in [0.717, 1.165) is 71.8 Å². The minimum absolute atomic E-state index is 0.0778. The number of aromatic nitrogens is 1. The first kappa shape index (κ1) is 20.9. The Hall–Kier alpha value is -3.64. The smallest absolute Gasteiger partial charge is 0.250 e. The first-order chi connectivity index (χ1) is 16.5. The van der Waals surface area contributed by atoms with E-state index in [-0.39, 0.29) is 17.4 Å². The lowest BCUT2D eigenvalue weighted by Crippen LogP contribution is -2.46. The van der Waals surface area contributed by atoms with Crippen LogP contribution >= 0.6 is 0 Å². The minimum Gasteiger partial charge on any atom is -0.460 e. The second-order valence-corrected chi connectivity index (χ2v) is 9.58. The molecule has 1 N–H and O–H groups in total. The van der Waals surface area contributed by atoms with E-state index in [4.69, 9.17) is 4.42 Å². The zero-order valence-corrected chi connectivity index (χ0v) is 19.2. The summed E-state index contributed by atoms with van der Waals surface area (Å²) in [4.78, 5) is 26.7. The first-order valence-electron chi connectivity index (χ1n) is 11.8. The van der Waals surface area contributed by atoms with Crippen molar-refractivity contribution in [1.82, 2.24) is 9.47 Å². The van der Waals surface area contributed by atoms with Crippen LogP contribution in [0.15, 0.2) is 75.9 Å². The summed E-state index contributed by atoms with van der Waals surface area (Å²) >= 11 is 0. The number of furan rings is 1. The van der Waals surface area contributed by atoms with Crippen LogP contribution in [0, 0.1) is 5.92 Å². The van der Waals surface area contributed by atoms with Crippen LogP contribution in [-0.4, -0.2) is 28.5 Å². The predicted octanol–water partition coefficient (Wildman–Crippen LogP) is 4.84. The number of pyridine rings is 1. The van der Waals surface area contributed by atoms with Crippen LogP contribution in [0.2, 0.25) is 0 Å². The lowest BCUT2D eigenvalue weighted by molar-refractivity contribution is -0.114. The van der Waals surface area contributed by atoms with Gasteiger partial charge in [0.25, 0.3) is 5.56 Å². The van der Waals surface area contributed by atoms with Crippen molar-refractivity contribution in [3.05, 3.63) is 88.5 Å². The van der Waals surface area contributed by atoms with Crippen LogP contribution in [0.25, 0.3) is 22.1 Å². The summed E-state index contributed by atoms with van der Waals surface area (Å²) < 4.78 is 8.08. The summed E-state index contributed by atoms with van der Waals surface area (Å²) in [6.07, 6.45) is 1.09. The van der Waals surface area contributed by atoms with Gasteiger partial charge in [-0.3, -0.25) is 14.5 Å². The molecule has 1 fully saturated rings. The lowest BCUT2D eigenvalue weighted by atomic mass is 9.80. The van der Waals surface area contributed by atoms with Gasteiger partial charge in [0, 0.05) is 60.9 Å². The Morgan fingerprint density at radius 3 is 2.65 bits per heavy atom. The number of nitrogens with zero attached hydrogens (tertiary/aromatic N) is 2. The third kappa shape index (κ3) is 3.84. The fraction of sp³-hybridized carbons (Fsp3) is 0.286. The van der Waals surface area contributed by atoms with E-state index in [0.29, 0.717) is 5.92 Å². The number of para-hydroxylation sites is 1. The number of anilines is 1. The Bertz CT molecular complexity index is 1400. The molecule has 2 aromatic heterocycles. The van der Waals surface area contributed by atoms with Gasteiger partial charge in [-0.15, -0.1) is 0 Å². The van der Waals surface area contributed by atoms with Crippen LogP contribution in [0.3, 0.4) is 0 Å². The molecule has 1 amide bonds. The normalized spacial score (nSPS) is 19.7. The third-order valence-electron chi connectivity index (χ3n) is 7.04. The van der Waals surface area contributed by atoms with Crippen LogP contribution < -0.4 is 10.9 Å². The summed E-state index contributed by atoms with van der Waals surface area (Å²) in [5.41, 5.74) is 5.07. The highest BCUT2D eigenvalue weighted by molar-refractivity contribution is 5.89. The molecular weight excluding hydrogens is 426 g/mol. The van der Waals surface area contributed by atoms with Gasteiger partial charge in [-0.05, 0) is 48.2 Å². The minimum atomic E-state index is -0.0887. The van der Waals surface area contributed by atoms with E-state index in [1.54, 1.807) is 6.07 Å². The number of nitrogens with one attached hydrogen (secondary N) is 1. The first-order valence-corrected chi connectivity index (χ1v) is 11.8. The highest BCUT2D eigenvalue weighted by Gasteiger charge is 2.36. The number of piperidine rings is 1. The summed E-state index contributed by atoms with van der Waals surface area (Å²) in [5.74, 6) is 1.64. The fourth-order valence-electron chi connectivity index (χ4n) is 5.76. The zero-order chi connectivity index (χ0) is 23.2. The van der Waals surface area contributed by atoms with Gasteiger partial charge in [0.1, 0.15) is 11.3 Å². The molecule has 0 spiro atoms. The number of hydrogen-bond donors (Lipinski definition) is 1. The topological polar surface area (TPSA) is 67.5 Å². The van der Waals surface area contributed by atoms with Gasteiger partial charge in [0.2, 0.25) is 5.91 Å². The van der Waals surface area contributed by atoms with E-state index < -0.39 is 0 Å². The second-order valence-electron chi connectivity index (χ2n) is 9.58.